The molecule has 1 aromatic carbocycles. The Morgan fingerprint density at radius 3 is 2.33 bits per heavy atom. The van der Waals surface area contributed by atoms with Gasteiger partial charge in [0.15, 0.2) is 0 Å². The molecule has 0 unspecified atom stereocenters. The maximum atomic E-state index is 5.96. The third-order valence-electron chi connectivity index (χ3n) is 2.31. The number of nitrogens with two attached hydrogens (primary N) is 1. The van der Waals surface area contributed by atoms with Crippen LogP contribution >= 0.6 is 27.5 Å². The van der Waals surface area contributed by atoms with Gasteiger partial charge in [-0.2, -0.15) is 9.97 Å². The summed E-state index contributed by atoms with van der Waals surface area (Å²) in [6.07, 6.45) is 0. The van der Waals surface area contributed by atoms with Crippen LogP contribution in [0.1, 0.15) is 11.1 Å². The third kappa shape index (κ3) is 2.91. The maximum absolute atomic E-state index is 5.96. The number of halogens is 2. The molecule has 0 spiro atoms. The standard InChI is InChI=1S/C12H11BrClN3O/c1-6-3-8(14)4-7(2)11(6)18-12-16-9(13)5-10(15)17-12/h3-5H,1-2H3,(H2,15,16,17). The number of anilines is 1. The van der Waals surface area contributed by atoms with E-state index in [0.29, 0.717) is 21.2 Å². The van der Waals surface area contributed by atoms with E-state index in [9.17, 15) is 0 Å². The Morgan fingerprint density at radius 2 is 1.78 bits per heavy atom. The summed E-state index contributed by atoms with van der Waals surface area (Å²) in [6, 6.07) is 5.46. The molecule has 2 N–H and O–H groups in total. The van der Waals surface area contributed by atoms with Crippen LogP contribution in [0.5, 0.6) is 11.8 Å². The highest BCUT2D eigenvalue weighted by atomic mass is 79.9. The van der Waals surface area contributed by atoms with Crippen LogP contribution in [0.2, 0.25) is 5.02 Å². The number of nitrogens with zero attached hydrogens (tertiary/aromatic N) is 2. The molecule has 0 saturated heterocycles. The predicted molar refractivity (Wildman–Crippen MR) is 75.1 cm³/mol. The van der Waals surface area contributed by atoms with Crippen LogP contribution in [0.4, 0.5) is 5.82 Å². The van der Waals surface area contributed by atoms with Gasteiger partial charge in [0.05, 0.1) is 0 Å². The highest BCUT2D eigenvalue weighted by Gasteiger charge is 2.10. The van der Waals surface area contributed by atoms with E-state index in [2.05, 4.69) is 25.9 Å². The van der Waals surface area contributed by atoms with E-state index in [1.165, 1.54) is 0 Å². The molecule has 2 aromatic rings. The van der Waals surface area contributed by atoms with Crippen molar-refractivity contribution >= 4 is 33.3 Å². The highest BCUT2D eigenvalue weighted by molar-refractivity contribution is 9.10. The van der Waals surface area contributed by atoms with Gasteiger partial charge in [-0.25, -0.2) is 0 Å². The molecule has 1 aromatic heterocycles. The zero-order chi connectivity index (χ0) is 13.3. The zero-order valence-electron chi connectivity index (χ0n) is 9.87. The van der Waals surface area contributed by atoms with Gasteiger partial charge >= 0.3 is 6.01 Å². The first kappa shape index (κ1) is 13.1. The summed E-state index contributed by atoms with van der Waals surface area (Å²) in [7, 11) is 0. The predicted octanol–water partition coefficient (Wildman–Crippen LogP) is 3.88. The fraction of sp³-hybridized carbons (Fsp3) is 0.167. The molecule has 0 radical (unpaired) electrons. The molecule has 0 aliphatic heterocycles. The summed E-state index contributed by atoms with van der Waals surface area (Å²) in [4.78, 5) is 8.12. The number of nitrogen functional groups attached to an aromatic ring is 1. The molecule has 94 valence electrons. The number of ether oxygens (including phenoxy) is 1. The second-order valence-electron chi connectivity index (χ2n) is 3.87. The molecule has 0 fully saturated rings. The largest absolute Gasteiger partial charge is 0.424 e. The molecule has 2 rings (SSSR count). The summed E-state index contributed by atoms with van der Waals surface area (Å²) in [5, 5.41) is 0.673. The average molecular weight is 329 g/mol. The van der Waals surface area contributed by atoms with Gasteiger partial charge in [0, 0.05) is 11.1 Å². The Morgan fingerprint density at radius 1 is 1.17 bits per heavy atom. The van der Waals surface area contributed by atoms with Crippen LogP contribution in [-0.2, 0) is 0 Å². The summed E-state index contributed by atoms with van der Waals surface area (Å²) in [6.45, 7) is 3.82. The van der Waals surface area contributed by atoms with E-state index in [4.69, 9.17) is 22.1 Å². The Hall–Kier alpha value is -1.33. The fourth-order valence-electron chi connectivity index (χ4n) is 1.61. The lowest BCUT2D eigenvalue weighted by atomic mass is 10.1. The van der Waals surface area contributed by atoms with Gasteiger partial charge in [0.2, 0.25) is 0 Å². The molecular weight excluding hydrogens is 318 g/mol. The molecule has 0 amide bonds. The molecule has 0 bridgehead atoms. The first-order valence-corrected chi connectivity index (χ1v) is 6.37. The van der Waals surface area contributed by atoms with Crippen molar-refractivity contribution in [2.75, 3.05) is 5.73 Å². The van der Waals surface area contributed by atoms with Crippen molar-refractivity contribution in [3.8, 4) is 11.8 Å². The van der Waals surface area contributed by atoms with E-state index in [1.807, 2.05) is 26.0 Å². The Kier molecular flexibility index (Phi) is 3.73. The summed E-state index contributed by atoms with van der Waals surface area (Å²) in [5.41, 5.74) is 7.47. The van der Waals surface area contributed by atoms with Gasteiger partial charge in [0.25, 0.3) is 0 Å². The smallest absolute Gasteiger partial charge is 0.325 e. The Bertz CT molecular complexity index is 561. The van der Waals surface area contributed by atoms with Crippen LogP contribution in [0.3, 0.4) is 0 Å². The fourth-order valence-corrected chi connectivity index (χ4v) is 2.32. The summed E-state index contributed by atoms with van der Waals surface area (Å²) >= 11 is 9.20. The number of rotatable bonds is 2. The molecule has 6 heteroatoms. The first-order valence-electron chi connectivity index (χ1n) is 5.20. The van der Waals surface area contributed by atoms with Crippen molar-refractivity contribution in [2.45, 2.75) is 13.8 Å². The van der Waals surface area contributed by atoms with Crippen LogP contribution in [0.15, 0.2) is 22.8 Å². The lowest BCUT2D eigenvalue weighted by Gasteiger charge is -2.11. The molecular formula is C12H11BrClN3O. The molecule has 4 nitrogen and oxygen atoms in total. The van der Waals surface area contributed by atoms with Gasteiger partial charge in [-0.15, -0.1) is 0 Å². The minimum atomic E-state index is 0.204. The average Bonchev–Trinajstić information content (AvgIpc) is 2.22. The quantitative estimate of drug-likeness (QED) is 0.850. The molecule has 0 aliphatic rings. The van der Waals surface area contributed by atoms with E-state index in [0.717, 1.165) is 11.1 Å². The van der Waals surface area contributed by atoms with Crippen molar-refractivity contribution in [1.82, 2.24) is 9.97 Å². The lowest BCUT2D eigenvalue weighted by Crippen LogP contribution is -1.99. The number of hydrogen-bond donors (Lipinski definition) is 1. The van der Waals surface area contributed by atoms with Crippen molar-refractivity contribution < 1.29 is 4.74 Å². The lowest BCUT2D eigenvalue weighted by molar-refractivity contribution is 0.435. The van der Waals surface area contributed by atoms with E-state index in [1.54, 1.807) is 6.07 Å². The SMILES string of the molecule is Cc1cc(Cl)cc(C)c1Oc1nc(N)cc(Br)n1. The monoisotopic (exact) mass is 327 g/mol. The van der Waals surface area contributed by atoms with Gasteiger partial charge < -0.3 is 10.5 Å². The molecule has 0 atom stereocenters. The van der Waals surface area contributed by atoms with Crippen LogP contribution in [0.25, 0.3) is 0 Å². The van der Waals surface area contributed by atoms with Gasteiger partial charge in [0.1, 0.15) is 16.2 Å². The van der Waals surface area contributed by atoms with Gasteiger partial charge in [-0.3, -0.25) is 0 Å². The summed E-state index contributed by atoms with van der Waals surface area (Å²) in [5.74, 6) is 1.04. The Labute approximate surface area is 118 Å². The first-order chi connectivity index (χ1) is 8.45. The molecule has 1 heterocycles. The number of aromatic nitrogens is 2. The maximum Gasteiger partial charge on any atom is 0.325 e. The normalized spacial score (nSPS) is 10.4. The highest BCUT2D eigenvalue weighted by Crippen LogP contribution is 2.30. The van der Waals surface area contributed by atoms with Crippen molar-refractivity contribution in [1.29, 1.82) is 0 Å². The van der Waals surface area contributed by atoms with Gasteiger partial charge in [-0.1, -0.05) is 11.6 Å². The number of hydrogen-bond acceptors (Lipinski definition) is 4. The van der Waals surface area contributed by atoms with E-state index >= 15 is 0 Å². The van der Waals surface area contributed by atoms with E-state index in [-0.39, 0.29) is 6.01 Å². The van der Waals surface area contributed by atoms with Crippen molar-refractivity contribution in [3.05, 3.63) is 39.0 Å². The minimum Gasteiger partial charge on any atom is -0.424 e. The molecule has 18 heavy (non-hydrogen) atoms. The Balaban J connectivity index is 2.40. The number of aryl methyl sites for hydroxylation is 2. The van der Waals surface area contributed by atoms with Crippen molar-refractivity contribution in [3.63, 3.8) is 0 Å². The zero-order valence-corrected chi connectivity index (χ0v) is 12.2. The molecule has 0 aliphatic carbocycles. The van der Waals surface area contributed by atoms with E-state index < -0.39 is 0 Å². The van der Waals surface area contributed by atoms with Crippen LogP contribution in [0, 0.1) is 13.8 Å². The number of benzene rings is 1. The topological polar surface area (TPSA) is 61.0 Å². The van der Waals surface area contributed by atoms with Crippen molar-refractivity contribution in [2.24, 2.45) is 0 Å². The van der Waals surface area contributed by atoms with Gasteiger partial charge in [-0.05, 0) is 53.0 Å². The van der Waals surface area contributed by atoms with Crippen LogP contribution < -0.4 is 10.5 Å². The van der Waals surface area contributed by atoms with Crippen LogP contribution in [-0.4, -0.2) is 9.97 Å². The third-order valence-corrected chi connectivity index (χ3v) is 2.94. The second kappa shape index (κ2) is 5.12. The second-order valence-corrected chi connectivity index (χ2v) is 5.12. The molecule has 0 saturated carbocycles. The minimum absolute atomic E-state index is 0.204. The summed E-state index contributed by atoms with van der Waals surface area (Å²) < 4.78 is 6.24.